The van der Waals surface area contributed by atoms with Crippen molar-refractivity contribution in [3.63, 3.8) is 0 Å². The molecule has 1 saturated heterocycles. The summed E-state index contributed by atoms with van der Waals surface area (Å²) >= 11 is 6.07. The Morgan fingerprint density at radius 2 is 2.17 bits per heavy atom. The second kappa shape index (κ2) is 5.72. The van der Waals surface area contributed by atoms with Crippen LogP contribution in [0.1, 0.15) is 25.3 Å². The second-order valence-corrected chi connectivity index (χ2v) is 5.25. The molecule has 0 aromatic heterocycles. The van der Waals surface area contributed by atoms with Crippen LogP contribution in [0.3, 0.4) is 0 Å². The maximum atomic E-state index is 11.2. The molecule has 3 nitrogen and oxygen atoms in total. The van der Waals surface area contributed by atoms with Gasteiger partial charge in [-0.2, -0.15) is 0 Å². The van der Waals surface area contributed by atoms with Gasteiger partial charge in [0.15, 0.2) is 0 Å². The number of hydrogen-bond donors (Lipinski definition) is 1. The van der Waals surface area contributed by atoms with Gasteiger partial charge in [-0.05, 0) is 30.5 Å². The molecule has 0 atom stereocenters. The maximum Gasteiger partial charge on any atom is 0.216 e. The molecule has 0 bridgehead atoms. The Morgan fingerprint density at radius 3 is 2.78 bits per heavy atom. The lowest BCUT2D eigenvalue weighted by Crippen LogP contribution is -2.44. The lowest BCUT2D eigenvalue weighted by Gasteiger charge is -2.38. The number of ether oxygens (including phenoxy) is 1. The van der Waals surface area contributed by atoms with Crippen molar-refractivity contribution < 1.29 is 9.53 Å². The zero-order valence-corrected chi connectivity index (χ0v) is 11.3. The van der Waals surface area contributed by atoms with Gasteiger partial charge < -0.3 is 10.1 Å². The number of benzene rings is 1. The van der Waals surface area contributed by atoms with Crippen molar-refractivity contribution >= 4 is 17.5 Å². The average Bonchev–Trinajstić information content (AvgIpc) is 2.37. The monoisotopic (exact) mass is 267 g/mol. The Kier molecular flexibility index (Phi) is 4.25. The number of carbonyl (C=O) groups is 1. The normalized spacial score (nSPS) is 18.3. The predicted molar refractivity (Wildman–Crippen MR) is 71.9 cm³/mol. The molecule has 2 rings (SSSR count). The molecule has 1 heterocycles. The van der Waals surface area contributed by atoms with Crippen molar-refractivity contribution in [1.82, 2.24) is 5.32 Å². The summed E-state index contributed by atoms with van der Waals surface area (Å²) in [6.45, 7) is 3.65. The van der Waals surface area contributed by atoms with Gasteiger partial charge in [0.2, 0.25) is 5.91 Å². The minimum absolute atomic E-state index is 0.00268. The average molecular weight is 268 g/mol. The van der Waals surface area contributed by atoms with E-state index in [9.17, 15) is 4.79 Å². The highest BCUT2D eigenvalue weighted by molar-refractivity contribution is 6.30. The van der Waals surface area contributed by atoms with Gasteiger partial charge in [0.05, 0.1) is 0 Å². The van der Waals surface area contributed by atoms with Crippen LogP contribution in [0, 0.1) is 0 Å². The van der Waals surface area contributed by atoms with Crippen molar-refractivity contribution in [1.29, 1.82) is 0 Å². The number of rotatable bonds is 3. The summed E-state index contributed by atoms with van der Waals surface area (Å²) in [6.07, 6.45) is 1.82. The highest BCUT2D eigenvalue weighted by Gasteiger charge is 2.34. The number of amides is 1. The van der Waals surface area contributed by atoms with Gasteiger partial charge >= 0.3 is 0 Å². The quantitative estimate of drug-likeness (QED) is 0.914. The molecule has 98 valence electrons. The lowest BCUT2D eigenvalue weighted by molar-refractivity contribution is -0.119. The Balaban J connectivity index is 2.25. The van der Waals surface area contributed by atoms with E-state index in [-0.39, 0.29) is 11.3 Å². The summed E-state index contributed by atoms with van der Waals surface area (Å²) in [7, 11) is 0. The fourth-order valence-corrected chi connectivity index (χ4v) is 2.63. The van der Waals surface area contributed by atoms with Crippen molar-refractivity contribution in [2.75, 3.05) is 19.8 Å². The zero-order chi connectivity index (χ0) is 13.0. The Bertz CT molecular complexity index is 428. The molecule has 4 heteroatoms. The van der Waals surface area contributed by atoms with E-state index in [1.807, 2.05) is 18.2 Å². The van der Waals surface area contributed by atoms with E-state index < -0.39 is 0 Å². The van der Waals surface area contributed by atoms with E-state index in [1.54, 1.807) is 6.92 Å². The molecule has 0 unspecified atom stereocenters. The highest BCUT2D eigenvalue weighted by Crippen LogP contribution is 2.35. The van der Waals surface area contributed by atoms with Crippen LogP contribution in [-0.2, 0) is 14.9 Å². The van der Waals surface area contributed by atoms with Gasteiger partial charge in [-0.3, -0.25) is 4.79 Å². The third kappa shape index (κ3) is 3.03. The van der Waals surface area contributed by atoms with Gasteiger partial charge in [-0.1, -0.05) is 23.7 Å². The van der Waals surface area contributed by atoms with Crippen LogP contribution < -0.4 is 5.32 Å². The summed E-state index contributed by atoms with van der Waals surface area (Å²) in [5.74, 6) is 0.00268. The first kappa shape index (κ1) is 13.4. The summed E-state index contributed by atoms with van der Waals surface area (Å²) < 4.78 is 5.44. The molecule has 0 saturated carbocycles. The van der Waals surface area contributed by atoms with E-state index in [0.717, 1.165) is 31.1 Å². The molecular formula is C14H18ClNO2. The first-order valence-electron chi connectivity index (χ1n) is 6.21. The minimum atomic E-state index is -0.0468. The molecular weight excluding hydrogens is 250 g/mol. The second-order valence-electron chi connectivity index (χ2n) is 4.81. The lowest BCUT2D eigenvalue weighted by atomic mass is 9.74. The van der Waals surface area contributed by atoms with E-state index in [4.69, 9.17) is 16.3 Å². The third-order valence-electron chi connectivity index (χ3n) is 3.56. The highest BCUT2D eigenvalue weighted by atomic mass is 35.5. The van der Waals surface area contributed by atoms with Crippen LogP contribution >= 0.6 is 11.6 Å². The van der Waals surface area contributed by atoms with E-state index >= 15 is 0 Å². The van der Waals surface area contributed by atoms with Gasteiger partial charge in [0.25, 0.3) is 0 Å². The Morgan fingerprint density at radius 1 is 1.44 bits per heavy atom. The number of nitrogens with one attached hydrogen (secondary N) is 1. The first-order valence-corrected chi connectivity index (χ1v) is 6.58. The molecule has 0 aliphatic carbocycles. The summed E-state index contributed by atoms with van der Waals surface area (Å²) in [5.41, 5.74) is 1.14. The molecule has 0 radical (unpaired) electrons. The van der Waals surface area contributed by atoms with E-state index in [0.29, 0.717) is 6.54 Å². The summed E-state index contributed by atoms with van der Waals surface area (Å²) in [4.78, 5) is 11.2. The molecule has 1 fully saturated rings. The van der Waals surface area contributed by atoms with Crippen molar-refractivity contribution in [3.05, 3.63) is 34.9 Å². The van der Waals surface area contributed by atoms with E-state index in [2.05, 4.69) is 11.4 Å². The fraction of sp³-hybridized carbons (Fsp3) is 0.500. The van der Waals surface area contributed by atoms with Gasteiger partial charge in [-0.15, -0.1) is 0 Å². The molecule has 0 spiro atoms. The van der Waals surface area contributed by atoms with Crippen molar-refractivity contribution in [3.8, 4) is 0 Å². The van der Waals surface area contributed by atoms with Crippen LogP contribution in [-0.4, -0.2) is 25.7 Å². The maximum absolute atomic E-state index is 11.2. The molecule has 1 aliphatic heterocycles. The van der Waals surface area contributed by atoms with Gasteiger partial charge in [-0.25, -0.2) is 0 Å². The van der Waals surface area contributed by atoms with Crippen LogP contribution in [0.5, 0.6) is 0 Å². The fourth-order valence-electron chi connectivity index (χ4n) is 2.44. The largest absolute Gasteiger partial charge is 0.381 e. The smallest absolute Gasteiger partial charge is 0.216 e. The van der Waals surface area contributed by atoms with Crippen LogP contribution in [0.25, 0.3) is 0 Å². The van der Waals surface area contributed by atoms with Crippen molar-refractivity contribution in [2.45, 2.75) is 25.2 Å². The number of hydrogen-bond acceptors (Lipinski definition) is 2. The molecule has 1 amide bonds. The van der Waals surface area contributed by atoms with Crippen LogP contribution in [0.15, 0.2) is 24.3 Å². The molecule has 1 aromatic carbocycles. The van der Waals surface area contributed by atoms with Crippen molar-refractivity contribution in [2.24, 2.45) is 0 Å². The number of halogens is 1. The Labute approximate surface area is 112 Å². The zero-order valence-electron chi connectivity index (χ0n) is 10.5. The molecule has 1 N–H and O–H groups in total. The molecule has 1 aliphatic rings. The van der Waals surface area contributed by atoms with Crippen LogP contribution in [0.2, 0.25) is 5.02 Å². The summed E-state index contributed by atoms with van der Waals surface area (Å²) in [6, 6.07) is 7.91. The Hall–Kier alpha value is -1.06. The SMILES string of the molecule is CC(=O)NCC1(c2cccc(Cl)c2)CCOCC1. The summed E-state index contributed by atoms with van der Waals surface area (Å²) in [5, 5.41) is 3.67. The standard InChI is InChI=1S/C14H18ClNO2/c1-11(17)16-10-14(5-7-18-8-6-14)12-3-2-4-13(15)9-12/h2-4,9H,5-8,10H2,1H3,(H,16,17). The minimum Gasteiger partial charge on any atom is -0.381 e. The predicted octanol–water partition coefficient (Wildman–Crippen LogP) is 2.52. The van der Waals surface area contributed by atoms with Gasteiger partial charge in [0, 0.05) is 37.1 Å². The number of carbonyl (C=O) groups excluding carboxylic acids is 1. The first-order chi connectivity index (χ1) is 8.62. The molecule has 18 heavy (non-hydrogen) atoms. The van der Waals surface area contributed by atoms with Crippen LogP contribution in [0.4, 0.5) is 0 Å². The van der Waals surface area contributed by atoms with Gasteiger partial charge in [0.1, 0.15) is 0 Å². The van der Waals surface area contributed by atoms with E-state index in [1.165, 1.54) is 5.56 Å². The molecule has 1 aromatic rings. The third-order valence-corrected chi connectivity index (χ3v) is 3.80. The topological polar surface area (TPSA) is 38.3 Å².